The molecule has 1 aromatic rings. The van der Waals surface area contributed by atoms with E-state index in [0.717, 1.165) is 19.0 Å². The van der Waals surface area contributed by atoms with Gasteiger partial charge in [0.2, 0.25) is 0 Å². The van der Waals surface area contributed by atoms with Gasteiger partial charge in [-0.05, 0) is 43.3 Å². The molecule has 3 rings (SSSR count). The van der Waals surface area contributed by atoms with Crippen molar-refractivity contribution < 1.29 is 9.53 Å². The van der Waals surface area contributed by atoms with Crippen LogP contribution in [0.3, 0.4) is 0 Å². The Hall–Kier alpha value is -1.11. The number of rotatable bonds is 4. The van der Waals surface area contributed by atoms with Gasteiger partial charge in [0.05, 0.1) is 19.3 Å². The van der Waals surface area contributed by atoms with Gasteiger partial charge in [-0.3, -0.25) is 4.90 Å². The van der Waals surface area contributed by atoms with Crippen LogP contribution in [0.4, 0.5) is 4.79 Å². The summed E-state index contributed by atoms with van der Waals surface area (Å²) in [6.45, 7) is 7.93. The second kappa shape index (κ2) is 8.13. The van der Waals surface area contributed by atoms with Crippen LogP contribution in [0.25, 0.3) is 0 Å². The van der Waals surface area contributed by atoms with Crippen LogP contribution in [-0.4, -0.2) is 61.8 Å². The maximum absolute atomic E-state index is 12.4. The van der Waals surface area contributed by atoms with Gasteiger partial charge < -0.3 is 15.0 Å². The number of morpholine rings is 1. The molecular weight excluding hydrogens is 310 g/mol. The van der Waals surface area contributed by atoms with Crippen molar-refractivity contribution in [1.29, 1.82) is 0 Å². The first-order valence-corrected chi connectivity index (χ1v) is 9.50. The summed E-state index contributed by atoms with van der Waals surface area (Å²) in [4.78, 5) is 18.1. The van der Waals surface area contributed by atoms with Gasteiger partial charge >= 0.3 is 6.03 Å². The predicted octanol–water partition coefficient (Wildman–Crippen LogP) is 2.56. The van der Waals surface area contributed by atoms with E-state index < -0.39 is 0 Å². The number of urea groups is 1. The van der Waals surface area contributed by atoms with Crippen molar-refractivity contribution in [3.63, 3.8) is 0 Å². The summed E-state index contributed by atoms with van der Waals surface area (Å²) in [6, 6.07) is 4.63. The lowest BCUT2D eigenvalue weighted by Crippen LogP contribution is -2.49. The molecule has 0 aromatic carbocycles. The Morgan fingerprint density at radius 1 is 1.35 bits per heavy atom. The summed E-state index contributed by atoms with van der Waals surface area (Å²) in [7, 11) is 0. The number of nitrogens with zero attached hydrogens (tertiary/aromatic N) is 2. The minimum absolute atomic E-state index is 0.0419. The Labute approximate surface area is 142 Å². The van der Waals surface area contributed by atoms with Gasteiger partial charge in [-0.1, -0.05) is 13.0 Å². The quantitative estimate of drug-likeness (QED) is 0.918. The third-order valence-corrected chi connectivity index (χ3v) is 5.85. The molecule has 0 bridgehead atoms. The molecule has 1 aromatic heterocycles. The Morgan fingerprint density at radius 2 is 2.09 bits per heavy atom. The van der Waals surface area contributed by atoms with Crippen LogP contribution in [-0.2, 0) is 4.74 Å². The van der Waals surface area contributed by atoms with Crippen LogP contribution in [0.5, 0.6) is 0 Å². The SMILES string of the molecule is CC1CCN([C@@H](CNC(=O)N2CCOCC2)c2cccs2)CC1. The number of ether oxygens (including phenoxy) is 1. The fourth-order valence-electron chi connectivity index (χ4n) is 3.29. The molecule has 3 heterocycles. The highest BCUT2D eigenvalue weighted by Gasteiger charge is 2.26. The van der Waals surface area contributed by atoms with E-state index >= 15 is 0 Å². The molecule has 1 N–H and O–H groups in total. The highest BCUT2D eigenvalue weighted by molar-refractivity contribution is 7.10. The molecule has 128 valence electrons. The van der Waals surface area contributed by atoms with Crippen LogP contribution in [0.1, 0.15) is 30.7 Å². The third kappa shape index (κ3) is 4.46. The second-order valence-electron chi connectivity index (χ2n) is 6.54. The number of hydrogen-bond acceptors (Lipinski definition) is 4. The average molecular weight is 337 g/mol. The van der Waals surface area contributed by atoms with Crippen LogP contribution in [0.2, 0.25) is 0 Å². The summed E-state index contributed by atoms with van der Waals surface area (Å²) < 4.78 is 5.31. The third-order valence-electron chi connectivity index (χ3n) is 4.88. The van der Waals surface area contributed by atoms with E-state index in [2.05, 4.69) is 34.7 Å². The number of likely N-dealkylation sites (tertiary alicyclic amines) is 1. The van der Waals surface area contributed by atoms with Crippen LogP contribution in [0.15, 0.2) is 17.5 Å². The minimum atomic E-state index is 0.0419. The number of nitrogens with one attached hydrogen (secondary N) is 1. The predicted molar refractivity (Wildman–Crippen MR) is 92.8 cm³/mol. The van der Waals surface area contributed by atoms with Crippen molar-refractivity contribution in [2.45, 2.75) is 25.8 Å². The Balaban J connectivity index is 1.59. The van der Waals surface area contributed by atoms with Crippen molar-refractivity contribution in [2.75, 3.05) is 45.9 Å². The summed E-state index contributed by atoms with van der Waals surface area (Å²) in [6.07, 6.45) is 2.50. The molecule has 0 spiro atoms. The number of piperidine rings is 1. The first-order chi connectivity index (χ1) is 11.2. The van der Waals surface area contributed by atoms with Crippen molar-refractivity contribution in [3.05, 3.63) is 22.4 Å². The first-order valence-electron chi connectivity index (χ1n) is 8.62. The van der Waals surface area contributed by atoms with Crippen LogP contribution in [0, 0.1) is 5.92 Å². The molecular formula is C17H27N3O2S. The number of hydrogen-bond donors (Lipinski definition) is 1. The molecule has 1 atom stereocenters. The van der Waals surface area contributed by atoms with Gasteiger partial charge in [-0.15, -0.1) is 11.3 Å². The van der Waals surface area contributed by atoms with E-state index in [1.807, 2.05) is 4.90 Å². The Kier molecular flexibility index (Phi) is 5.91. The molecule has 2 saturated heterocycles. The van der Waals surface area contributed by atoms with Crippen molar-refractivity contribution >= 4 is 17.4 Å². The molecule has 0 aliphatic carbocycles. The fraction of sp³-hybridized carbons (Fsp3) is 0.706. The molecule has 2 aliphatic heterocycles. The number of carbonyl (C=O) groups excluding carboxylic acids is 1. The largest absolute Gasteiger partial charge is 0.378 e. The van der Waals surface area contributed by atoms with Gasteiger partial charge in [-0.2, -0.15) is 0 Å². The molecule has 0 radical (unpaired) electrons. The number of carbonyl (C=O) groups is 1. The fourth-order valence-corrected chi connectivity index (χ4v) is 4.15. The topological polar surface area (TPSA) is 44.8 Å². The molecule has 0 saturated carbocycles. The normalized spacial score (nSPS) is 22.0. The van der Waals surface area contributed by atoms with Crippen LogP contribution >= 0.6 is 11.3 Å². The van der Waals surface area contributed by atoms with Gasteiger partial charge in [0.25, 0.3) is 0 Å². The van der Waals surface area contributed by atoms with Gasteiger partial charge in [0.15, 0.2) is 0 Å². The molecule has 2 aliphatic rings. The zero-order chi connectivity index (χ0) is 16.1. The average Bonchev–Trinajstić information content (AvgIpc) is 3.11. The monoisotopic (exact) mass is 337 g/mol. The maximum Gasteiger partial charge on any atom is 0.317 e. The highest BCUT2D eigenvalue weighted by Crippen LogP contribution is 2.29. The lowest BCUT2D eigenvalue weighted by Gasteiger charge is -2.37. The molecule has 2 amide bonds. The summed E-state index contributed by atoms with van der Waals surface area (Å²) >= 11 is 1.79. The summed E-state index contributed by atoms with van der Waals surface area (Å²) in [5.74, 6) is 0.818. The van der Waals surface area contributed by atoms with E-state index in [-0.39, 0.29) is 6.03 Å². The second-order valence-corrected chi connectivity index (χ2v) is 7.51. The van der Waals surface area contributed by atoms with E-state index in [1.165, 1.54) is 17.7 Å². The van der Waals surface area contributed by atoms with E-state index in [4.69, 9.17) is 4.74 Å². The maximum atomic E-state index is 12.4. The van der Waals surface area contributed by atoms with Crippen LogP contribution < -0.4 is 5.32 Å². The number of amides is 2. The highest BCUT2D eigenvalue weighted by atomic mass is 32.1. The lowest BCUT2D eigenvalue weighted by molar-refractivity contribution is 0.0523. The zero-order valence-corrected chi connectivity index (χ0v) is 14.7. The van der Waals surface area contributed by atoms with Gasteiger partial charge in [0.1, 0.15) is 0 Å². The summed E-state index contributed by atoms with van der Waals surface area (Å²) in [5, 5.41) is 5.27. The molecule has 23 heavy (non-hydrogen) atoms. The molecule has 5 nitrogen and oxygen atoms in total. The minimum Gasteiger partial charge on any atom is -0.378 e. The van der Waals surface area contributed by atoms with Gasteiger partial charge in [-0.25, -0.2) is 4.79 Å². The lowest BCUT2D eigenvalue weighted by atomic mass is 9.97. The van der Waals surface area contributed by atoms with E-state index in [9.17, 15) is 4.79 Å². The molecule has 6 heteroatoms. The van der Waals surface area contributed by atoms with Crippen molar-refractivity contribution in [2.24, 2.45) is 5.92 Å². The Morgan fingerprint density at radius 3 is 2.74 bits per heavy atom. The molecule has 0 unspecified atom stereocenters. The van der Waals surface area contributed by atoms with E-state index in [1.54, 1.807) is 11.3 Å². The first kappa shape index (κ1) is 16.7. The Bertz CT molecular complexity index is 480. The number of thiophene rings is 1. The standard InChI is InChI=1S/C17H27N3O2S/c1-14-4-6-19(7-5-14)15(16-3-2-12-23-16)13-18-17(21)20-8-10-22-11-9-20/h2-3,12,14-15H,4-11,13H2,1H3,(H,18,21)/t15-/m0/s1. The van der Waals surface area contributed by atoms with Crippen molar-refractivity contribution in [3.8, 4) is 0 Å². The summed E-state index contributed by atoms with van der Waals surface area (Å²) in [5.41, 5.74) is 0. The van der Waals surface area contributed by atoms with Gasteiger partial charge in [0, 0.05) is 24.5 Å². The smallest absolute Gasteiger partial charge is 0.317 e. The molecule has 2 fully saturated rings. The zero-order valence-electron chi connectivity index (χ0n) is 13.9. The van der Waals surface area contributed by atoms with Crippen molar-refractivity contribution in [1.82, 2.24) is 15.1 Å². The van der Waals surface area contributed by atoms with E-state index in [0.29, 0.717) is 38.9 Å².